The van der Waals surface area contributed by atoms with Gasteiger partial charge in [-0.2, -0.15) is 0 Å². The molecule has 2 aromatic carbocycles. The third-order valence-electron chi connectivity index (χ3n) is 5.71. The number of carbonyl (C=O) groups excluding carboxylic acids is 1. The van der Waals surface area contributed by atoms with Gasteiger partial charge >= 0.3 is 0 Å². The number of carbonyl (C=O) groups is 1. The number of aryl methyl sites for hydroxylation is 1. The van der Waals surface area contributed by atoms with Crippen molar-refractivity contribution in [3.05, 3.63) is 64.3 Å². The number of hydrogen-bond acceptors (Lipinski definition) is 5. The molecule has 1 aromatic heterocycles. The minimum atomic E-state index is 0.0453. The van der Waals surface area contributed by atoms with Crippen molar-refractivity contribution in [2.45, 2.75) is 38.2 Å². The number of thiazole rings is 1. The van der Waals surface area contributed by atoms with Gasteiger partial charge in [-0.1, -0.05) is 41.1 Å². The molecule has 1 amide bonds. The lowest BCUT2D eigenvalue weighted by atomic mass is 10.0. The third-order valence-corrected chi connectivity index (χ3v) is 7.04. The SMILES string of the molecule is O=C1Cc2cc(-c3sc(NCCCc4ccc(Cl)cc4)nc3C3CCCO3)ccc2N1. The van der Waals surface area contributed by atoms with Crippen molar-refractivity contribution < 1.29 is 9.53 Å². The highest BCUT2D eigenvalue weighted by atomic mass is 35.5. The molecule has 3 heterocycles. The molecule has 1 unspecified atom stereocenters. The zero-order chi connectivity index (χ0) is 21.2. The first-order chi connectivity index (χ1) is 15.2. The fraction of sp³-hybridized carbons (Fsp3) is 0.333. The molecule has 0 aliphatic carbocycles. The highest BCUT2D eigenvalue weighted by Crippen LogP contribution is 2.42. The van der Waals surface area contributed by atoms with E-state index in [2.05, 4.69) is 34.9 Å². The van der Waals surface area contributed by atoms with Crippen LogP contribution < -0.4 is 10.6 Å². The summed E-state index contributed by atoms with van der Waals surface area (Å²) >= 11 is 7.63. The van der Waals surface area contributed by atoms with Crippen molar-refractivity contribution in [3.63, 3.8) is 0 Å². The molecular formula is C24H24ClN3O2S. The highest BCUT2D eigenvalue weighted by Gasteiger charge is 2.27. The zero-order valence-corrected chi connectivity index (χ0v) is 18.7. The van der Waals surface area contributed by atoms with Crippen molar-refractivity contribution in [1.82, 2.24) is 4.98 Å². The van der Waals surface area contributed by atoms with Crippen LogP contribution in [0, 0.1) is 0 Å². The number of halogens is 1. The predicted molar refractivity (Wildman–Crippen MR) is 126 cm³/mol. The normalized spacial score (nSPS) is 17.6. The van der Waals surface area contributed by atoms with Gasteiger partial charge in [0.05, 0.1) is 17.0 Å². The monoisotopic (exact) mass is 453 g/mol. The van der Waals surface area contributed by atoms with Crippen LogP contribution in [0.5, 0.6) is 0 Å². The van der Waals surface area contributed by atoms with Crippen molar-refractivity contribution >= 4 is 39.7 Å². The quantitative estimate of drug-likeness (QED) is 0.440. The maximum atomic E-state index is 11.7. The second-order valence-electron chi connectivity index (χ2n) is 7.99. The molecule has 2 aliphatic heterocycles. The number of amides is 1. The number of nitrogens with zero attached hydrogens (tertiary/aromatic N) is 1. The summed E-state index contributed by atoms with van der Waals surface area (Å²) in [7, 11) is 0. The van der Waals surface area contributed by atoms with Gasteiger partial charge in [0.2, 0.25) is 5.91 Å². The Hall–Kier alpha value is -2.41. The molecule has 160 valence electrons. The Morgan fingerprint density at radius 2 is 2.10 bits per heavy atom. The molecule has 1 atom stereocenters. The first-order valence-corrected chi connectivity index (χ1v) is 11.9. The van der Waals surface area contributed by atoms with Gasteiger partial charge in [0.1, 0.15) is 6.10 Å². The van der Waals surface area contributed by atoms with E-state index in [0.717, 1.165) is 76.4 Å². The van der Waals surface area contributed by atoms with Gasteiger partial charge in [-0.25, -0.2) is 4.98 Å². The van der Waals surface area contributed by atoms with Crippen LogP contribution in [0.3, 0.4) is 0 Å². The van der Waals surface area contributed by atoms with Crippen LogP contribution >= 0.6 is 22.9 Å². The van der Waals surface area contributed by atoms with E-state index in [1.807, 2.05) is 18.2 Å². The number of hydrogen-bond donors (Lipinski definition) is 2. The van der Waals surface area contributed by atoms with Crippen LogP contribution in [0.2, 0.25) is 5.02 Å². The topological polar surface area (TPSA) is 63.2 Å². The first kappa shape index (κ1) is 20.5. The Morgan fingerprint density at radius 3 is 2.90 bits per heavy atom. The molecule has 2 N–H and O–H groups in total. The molecule has 31 heavy (non-hydrogen) atoms. The number of ether oxygens (including phenoxy) is 1. The van der Waals surface area contributed by atoms with Crippen LogP contribution in [0.15, 0.2) is 42.5 Å². The fourth-order valence-corrected chi connectivity index (χ4v) is 5.30. The summed E-state index contributed by atoms with van der Waals surface area (Å²) in [5.74, 6) is 0.0545. The maximum Gasteiger partial charge on any atom is 0.228 e. The number of rotatable bonds is 7. The van der Waals surface area contributed by atoms with Gasteiger partial charge in [0, 0.05) is 23.9 Å². The lowest BCUT2D eigenvalue weighted by molar-refractivity contribution is -0.115. The van der Waals surface area contributed by atoms with Crippen LogP contribution in [0.4, 0.5) is 10.8 Å². The molecule has 7 heteroatoms. The smallest absolute Gasteiger partial charge is 0.228 e. The Balaban J connectivity index is 1.31. The van der Waals surface area contributed by atoms with E-state index in [4.69, 9.17) is 21.3 Å². The van der Waals surface area contributed by atoms with Crippen LogP contribution in [-0.2, 0) is 22.4 Å². The minimum absolute atomic E-state index is 0.0453. The molecule has 2 aliphatic rings. The molecule has 0 radical (unpaired) electrons. The Labute approximate surface area is 190 Å². The standard InChI is InChI=1S/C24H24ClN3O2S/c25-18-8-5-15(6-9-18)3-1-11-26-24-28-22(20-4-2-12-30-20)23(31-24)16-7-10-19-17(13-16)14-21(29)27-19/h5-10,13,20H,1-4,11-12,14H2,(H,26,28)(H,27,29). The first-order valence-electron chi connectivity index (χ1n) is 10.7. The molecule has 0 bridgehead atoms. The number of benzene rings is 2. The Morgan fingerprint density at radius 1 is 1.23 bits per heavy atom. The lowest BCUT2D eigenvalue weighted by Gasteiger charge is -2.10. The van der Waals surface area contributed by atoms with E-state index in [1.165, 1.54) is 5.56 Å². The zero-order valence-electron chi connectivity index (χ0n) is 17.1. The number of aromatic nitrogens is 1. The van der Waals surface area contributed by atoms with E-state index < -0.39 is 0 Å². The highest BCUT2D eigenvalue weighted by molar-refractivity contribution is 7.19. The average molecular weight is 454 g/mol. The van der Waals surface area contributed by atoms with E-state index in [9.17, 15) is 4.79 Å². The average Bonchev–Trinajstić information content (AvgIpc) is 3.50. The molecule has 3 aromatic rings. The van der Waals surface area contributed by atoms with Crippen LogP contribution in [0.1, 0.15) is 42.2 Å². The number of fused-ring (bicyclic) bond motifs is 1. The largest absolute Gasteiger partial charge is 0.372 e. The van der Waals surface area contributed by atoms with Crippen molar-refractivity contribution in [2.75, 3.05) is 23.8 Å². The number of nitrogens with one attached hydrogen (secondary N) is 2. The van der Waals surface area contributed by atoms with E-state index in [1.54, 1.807) is 11.3 Å². The predicted octanol–water partition coefficient (Wildman–Crippen LogP) is 5.85. The molecule has 5 rings (SSSR count). The van der Waals surface area contributed by atoms with Gasteiger partial charge in [0.25, 0.3) is 0 Å². The van der Waals surface area contributed by atoms with Crippen molar-refractivity contribution in [1.29, 1.82) is 0 Å². The Bertz CT molecular complexity index is 1090. The second kappa shape index (κ2) is 8.99. The molecule has 1 fully saturated rings. The van der Waals surface area contributed by atoms with Gasteiger partial charge < -0.3 is 15.4 Å². The minimum Gasteiger partial charge on any atom is -0.372 e. The summed E-state index contributed by atoms with van der Waals surface area (Å²) in [4.78, 5) is 17.8. The Kier molecular flexibility index (Phi) is 5.94. The molecule has 0 spiro atoms. The van der Waals surface area contributed by atoms with Crippen LogP contribution in [0.25, 0.3) is 10.4 Å². The van der Waals surface area contributed by atoms with Crippen LogP contribution in [-0.4, -0.2) is 24.0 Å². The van der Waals surface area contributed by atoms with Gasteiger partial charge in [-0.3, -0.25) is 4.79 Å². The van der Waals surface area contributed by atoms with Crippen molar-refractivity contribution in [2.24, 2.45) is 0 Å². The maximum absolute atomic E-state index is 11.7. The second-order valence-corrected chi connectivity index (χ2v) is 9.42. The summed E-state index contributed by atoms with van der Waals surface area (Å²) in [6.07, 6.45) is 4.55. The van der Waals surface area contributed by atoms with Gasteiger partial charge in [-0.15, -0.1) is 0 Å². The van der Waals surface area contributed by atoms with Crippen molar-refractivity contribution in [3.8, 4) is 10.4 Å². The summed E-state index contributed by atoms with van der Waals surface area (Å²) in [6.45, 7) is 1.64. The molecule has 1 saturated heterocycles. The number of anilines is 2. The van der Waals surface area contributed by atoms with E-state index in [-0.39, 0.29) is 12.0 Å². The summed E-state index contributed by atoms with van der Waals surface area (Å²) in [6, 6.07) is 14.2. The summed E-state index contributed by atoms with van der Waals surface area (Å²) in [5.41, 5.74) is 5.36. The summed E-state index contributed by atoms with van der Waals surface area (Å²) < 4.78 is 5.96. The lowest BCUT2D eigenvalue weighted by Crippen LogP contribution is -2.03. The third kappa shape index (κ3) is 4.61. The molecule has 5 nitrogen and oxygen atoms in total. The van der Waals surface area contributed by atoms with E-state index in [0.29, 0.717) is 6.42 Å². The van der Waals surface area contributed by atoms with Gasteiger partial charge in [-0.05, 0) is 66.6 Å². The molecular weight excluding hydrogens is 430 g/mol. The molecule has 0 saturated carbocycles. The van der Waals surface area contributed by atoms with E-state index >= 15 is 0 Å². The summed E-state index contributed by atoms with van der Waals surface area (Å²) in [5, 5.41) is 8.10. The fourth-order valence-electron chi connectivity index (χ4n) is 4.14. The van der Waals surface area contributed by atoms with Gasteiger partial charge in [0.15, 0.2) is 5.13 Å².